The Labute approximate surface area is 139 Å². The zero-order valence-corrected chi connectivity index (χ0v) is 13.7. The quantitative estimate of drug-likeness (QED) is 0.779. The van der Waals surface area contributed by atoms with E-state index in [9.17, 15) is 9.59 Å². The first-order chi connectivity index (χ1) is 11.6. The highest BCUT2D eigenvalue weighted by Gasteiger charge is 2.34. The number of amides is 1. The minimum absolute atomic E-state index is 0.0171. The molecule has 0 radical (unpaired) electrons. The first-order valence-electron chi connectivity index (χ1n) is 8.38. The molecule has 1 saturated carbocycles. The third-order valence-corrected chi connectivity index (χ3v) is 4.81. The standard InChI is InChI=1S/C16H21N5O3/c1-19-15-13(6-18-19)16(23)20(10-17-15)8-14(22)21(12-2-3-12)7-11-4-5-24-9-11/h6,10-12H,2-5,7-9H2,1H3/t11-/m1/s1. The molecule has 1 amide bonds. The molecule has 3 heterocycles. The summed E-state index contributed by atoms with van der Waals surface area (Å²) < 4.78 is 8.35. The number of ether oxygens (including phenoxy) is 1. The number of rotatable bonds is 5. The van der Waals surface area contributed by atoms with E-state index in [1.54, 1.807) is 11.7 Å². The summed E-state index contributed by atoms with van der Waals surface area (Å²) in [4.78, 5) is 31.4. The molecule has 2 aliphatic rings. The molecule has 1 atom stereocenters. The van der Waals surface area contributed by atoms with Crippen LogP contribution in [0.3, 0.4) is 0 Å². The van der Waals surface area contributed by atoms with Gasteiger partial charge < -0.3 is 9.64 Å². The highest BCUT2D eigenvalue weighted by atomic mass is 16.5. The molecule has 0 spiro atoms. The lowest BCUT2D eigenvalue weighted by Gasteiger charge is -2.25. The lowest BCUT2D eigenvalue weighted by Crippen LogP contribution is -2.41. The Balaban J connectivity index is 1.53. The van der Waals surface area contributed by atoms with Crippen LogP contribution in [0.25, 0.3) is 11.0 Å². The van der Waals surface area contributed by atoms with Gasteiger partial charge >= 0.3 is 0 Å². The van der Waals surface area contributed by atoms with Gasteiger partial charge in [0.25, 0.3) is 5.56 Å². The summed E-state index contributed by atoms with van der Waals surface area (Å²) in [6.07, 6.45) is 6.04. The lowest BCUT2D eigenvalue weighted by molar-refractivity contribution is -0.133. The topological polar surface area (TPSA) is 82.2 Å². The Kier molecular flexibility index (Phi) is 3.84. The summed E-state index contributed by atoms with van der Waals surface area (Å²) in [5, 5.41) is 4.49. The number of nitrogens with zero attached hydrogens (tertiary/aromatic N) is 5. The Morgan fingerprint density at radius 1 is 1.42 bits per heavy atom. The molecule has 8 heteroatoms. The monoisotopic (exact) mass is 331 g/mol. The number of hydrogen-bond acceptors (Lipinski definition) is 5. The second-order valence-electron chi connectivity index (χ2n) is 6.69. The molecule has 24 heavy (non-hydrogen) atoms. The van der Waals surface area contributed by atoms with Gasteiger partial charge in [-0.15, -0.1) is 0 Å². The highest BCUT2D eigenvalue weighted by Crippen LogP contribution is 2.29. The molecule has 8 nitrogen and oxygen atoms in total. The summed E-state index contributed by atoms with van der Waals surface area (Å²) in [5.41, 5.74) is 0.312. The van der Waals surface area contributed by atoms with Crippen LogP contribution in [0.15, 0.2) is 17.3 Å². The van der Waals surface area contributed by atoms with E-state index in [4.69, 9.17) is 4.74 Å². The third kappa shape index (κ3) is 2.82. The van der Waals surface area contributed by atoms with E-state index in [-0.39, 0.29) is 18.0 Å². The highest BCUT2D eigenvalue weighted by molar-refractivity contribution is 5.78. The second kappa shape index (κ2) is 6.01. The molecular weight excluding hydrogens is 310 g/mol. The maximum atomic E-state index is 12.8. The number of hydrogen-bond donors (Lipinski definition) is 0. The second-order valence-corrected chi connectivity index (χ2v) is 6.69. The summed E-state index contributed by atoms with van der Waals surface area (Å²) in [6, 6.07) is 0.323. The summed E-state index contributed by atoms with van der Waals surface area (Å²) in [7, 11) is 1.74. The van der Waals surface area contributed by atoms with Crippen molar-refractivity contribution in [2.24, 2.45) is 13.0 Å². The average molecular weight is 331 g/mol. The molecule has 0 bridgehead atoms. The first-order valence-corrected chi connectivity index (χ1v) is 8.38. The van der Waals surface area contributed by atoms with Crippen molar-refractivity contribution in [3.05, 3.63) is 22.9 Å². The minimum Gasteiger partial charge on any atom is -0.381 e. The van der Waals surface area contributed by atoms with Crippen LogP contribution < -0.4 is 5.56 Å². The Morgan fingerprint density at radius 3 is 2.96 bits per heavy atom. The SMILES string of the molecule is Cn1ncc2c(=O)n(CC(=O)N(C[C@H]3CCOC3)C3CC3)cnc21. The van der Waals surface area contributed by atoms with Crippen molar-refractivity contribution in [1.82, 2.24) is 24.2 Å². The van der Waals surface area contributed by atoms with Crippen molar-refractivity contribution >= 4 is 16.9 Å². The van der Waals surface area contributed by atoms with Gasteiger partial charge in [-0.1, -0.05) is 0 Å². The van der Waals surface area contributed by atoms with E-state index in [0.717, 1.165) is 39.0 Å². The van der Waals surface area contributed by atoms with Crippen LogP contribution in [-0.2, 0) is 23.1 Å². The smallest absolute Gasteiger partial charge is 0.264 e. The van der Waals surface area contributed by atoms with Crippen molar-refractivity contribution in [3.8, 4) is 0 Å². The fourth-order valence-electron chi connectivity index (χ4n) is 3.26. The van der Waals surface area contributed by atoms with E-state index in [1.807, 2.05) is 4.90 Å². The van der Waals surface area contributed by atoms with Gasteiger partial charge in [0.05, 0.1) is 12.8 Å². The van der Waals surface area contributed by atoms with Crippen LogP contribution in [0.2, 0.25) is 0 Å². The number of aromatic nitrogens is 4. The van der Waals surface area contributed by atoms with Crippen molar-refractivity contribution in [1.29, 1.82) is 0 Å². The Morgan fingerprint density at radius 2 is 2.25 bits per heavy atom. The van der Waals surface area contributed by atoms with Gasteiger partial charge in [-0.3, -0.25) is 18.8 Å². The fourth-order valence-corrected chi connectivity index (χ4v) is 3.26. The van der Waals surface area contributed by atoms with E-state index in [2.05, 4.69) is 10.1 Å². The molecule has 0 N–H and O–H groups in total. The van der Waals surface area contributed by atoms with Crippen molar-refractivity contribution in [3.63, 3.8) is 0 Å². The number of carbonyl (C=O) groups excluding carboxylic acids is 1. The summed E-state index contributed by atoms with van der Waals surface area (Å²) >= 11 is 0. The lowest BCUT2D eigenvalue weighted by atomic mass is 10.1. The van der Waals surface area contributed by atoms with E-state index in [1.165, 1.54) is 17.1 Å². The van der Waals surface area contributed by atoms with Gasteiger partial charge in [-0.25, -0.2) is 4.98 Å². The largest absolute Gasteiger partial charge is 0.381 e. The molecule has 2 fully saturated rings. The van der Waals surface area contributed by atoms with Crippen molar-refractivity contribution in [2.75, 3.05) is 19.8 Å². The van der Waals surface area contributed by atoms with Gasteiger partial charge in [0.15, 0.2) is 5.65 Å². The molecule has 2 aromatic heterocycles. The summed E-state index contributed by atoms with van der Waals surface area (Å²) in [6.45, 7) is 2.25. The van der Waals surface area contributed by atoms with Gasteiger partial charge in [-0.2, -0.15) is 5.10 Å². The number of fused-ring (bicyclic) bond motifs is 1. The zero-order valence-electron chi connectivity index (χ0n) is 13.7. The van der Waals surface area contributed by atoms with E-state index in [0.29, 0.717) is 23.0 Å². The number of carbonyl (C=O) groups is 1. The Hall–Kier alpha value is -2.22. The van der Waals surface area contributed by atoms with Crippen molar-refractivity contribution < 1.29 is 9.53 Å². The normalized spacial score (nSPS) is 20.6. The van der Waals surface area contributed by atoms with Crippen LogP contribution in [-0.4, -0.2) is 55.9 Å². The molecule has 4 rings (SSSR count). The van der Waals surface area contributed by atoms with Gasteiger partial charge in [-0.05, 0) is 19.3 Å². The molecule has 1 aliphatic heterocycles. The van der Waals surface area contributed by atoms with Crippen LogP contribution in [0.4, 0.5) is 0 Å². The van der Waals surface area contributed by atoms with Crippen LogP contribution >= 0.6 is 0 Å². The minimum atomic E-state index is -0.221. The van der Waals surface area contributed by atoms with Crippen LogP contribution in [0.1, 0.15) is 19.3 Å². The average Bonchev–Trinajstić information content (AvgIpc) is 3.14. The molecule has 2 aromatic rings. The predicted molar refractivity (Wildman–Crippen MR) is 86.4 cm³/mol. The maximum Gasteiger partial charge on any atom is 0.264 e. The molecule has 0 unspecified atom stereocenters. The first kappa shape index (κ1) is 15.3. The van der Waals surface area contributed by atoms with E-state index < -0.39 is 0 Å². The van der Waals surface area contributed by atoms with Crippen LogP contribution in [0, 0.1) is 5.92 Å². The third-order valence-electron chi connectivity index (χ3n) is 4.81. The van der Waals surface area contributed by atoms with Crippen LogP contribution in [0.5, 0.6) is 0 Å². The maximum absolute atomic E-state index is 12.8. The molecular formula is C16H21N5O3. The molecule has 1 aliphatic carbocycles. The Bertz CT molecular complexity index is 817. The molecule has 1 saturated heterocycles. The fraction of sp³-hybridized carbons (Fsp3) is 0.625. The van der Waals surface area contributed by atoms with Gasteiger partial charge in [0, 0.05) is 32.2 Å². The molecule has 0 aromatic carbocycles. The van der Waals surface area contributed by atoms with Gasteiger partial charge in [0.1, 0.15) is 18.3 Å². The number of aryl methyl sites for hydroxylation is 1. The molecule has 128 valence electrons. The summed E-state index contributed by atoms with van der Waals surface area (Å²) in [5.74, 6) is 0.391. The van der Waals surface area contributed by atoms with E-state index >= 15 is 0 Å². The van der Waals surface area contributed by atoms with Gasteiger partial charge in [0.2, 0.25) is 5.91 Å². The predicted octanol–water partition coefficient (Wildman–Crippen LogP) is 0.158. The van der Waals surface area contributed by atoms with Crippen molar-refractivity contribution in [2.45, 2.75) is 31.8 Å². The zero-order chi connectivity index (χ0) is 16.7.